The van der Waals surface area contributed by atoms with Crippen LogP contribution in [0.15, 0.2) is 48.5 Å². The highest BCUT2D eigenvalue weighted by Gasteiger charge is 2.07. The number of carbonyl (C=O) groups is 1. The minimum Gasteiger partial charge on any atom is -0.348 e. The molecule has 2 aromatic carbocycles. The van der Waals surface area contributed by atoms with Crippen molar-refractivity contribution >= 4 is 17.5 Å². The molecule has 21 heavy (non-hydrogen) atoms. The largest absolute Gasteiger partial charge is 0.348 e. The van der Waals surface area contributed by atoms with E-state index >= 15 is 0 Å². The summed E-state index contributed by atoms with van der Waals surface area (Å²) in [5.74, 6) is 5.42. The Hall–Kier alpha value is -2.28. The Morgan fingerprint density at radius 3 is 2.62 bits per heavy atom. The molecule has 106 valence electrons. The fourth-order valence-electron chi connectivity index (χ4n) is 1.78. The van der Waals surface area contributed by atoms with Gasteiger partial charge in [0.15, 0.2) is 0 Å². The van der Waals surface area contributed by atoms with Gasteiger partial charge in [-0.05, 0) is 23.8 Å². The highest BCUT2D eigenvalue weighted by molar-refractivity contribution is 6.32. The number of nitrogens with one attached hydrogen (secondary N) is 1. The Kier molecular flexibility index (Phi) is 5.39. The highest BCUT2D eigenvalue weighted by Crippen LogP contribution is 2.17. The summed E-state index contributed by atoms with van der Waals surface area (Å²) in [6, 6.07) is 14.8. The van der Waals surface area contributed by atoms with Crippen LogP contribution >= 0.6 is 11.6 Å². The standard InChI is InChI=1S/C17H15ClN2O/c18-16-11-15(9-8-14(16)7-4-10-19)17(21)20-12-13-5-2-1-3-6-13/h1-3,5-6,8-9,11H,10,12,19H2,(H,20,21). The zero-order valence-electron chi connectivity index (χ0n) is 11.4. The first-order chi connectivity index (χ1) is 10.2. The molecule has 4 heteroatoms. The van der Waals surface area contributed by atoms with Gasteiger partial charge >= 0.3 is 0 Å². The lowest BCUT2D eigenvalue weighted by molar-refractivity contribution is 0.0951. The molecule has 0 aliphatic carbocycles. The van der Waals surface area contributed by atoms with Crippen molar-refractivity contribution in [3.63, 3.8) is 0 Å². The second kappa shape index (κ2) is 7.49. The van der Waals surface area contributed by atoms with Gasteiger partial charge in [0.05, 0.1) is 11.6 Å². The van der Waals surface area contributed by atoms with E-state index in [0.717, 1.165) is 5.56 Å². The molecule has 3 N–H and O–H groups in total. The van der Waals surface area contributed by atoms with Crippen molar-refractivity contribution in [3.05, 3.63) is 70.2 Å². The molecule has 0 spiro atoms. The number of amides is 1. The van der Waals surface area contributed by atoms with Crippen LogP contribution in [0.25, 0.3) is 0 Å². The third kappa shape index (κ3) is 4.35. The Bertz CT molecular complexity index is 687. The Balaban J connectivity index is 2.04. The van der Waals surface area contributed by atoms with Gasteiger partial charge in [-0.1, -0.05) is 53.8 Å². The molecule has 0 fully saturated rings. The SMILES string of the molecule is NCC#Cc1ccc(C(=O)NCc2ccccc2)cc1Cl. The molecule has 0 bridgehead atoms. The van der Waals surface area contributed by atoms with Gasteiger partial charge in [0.25, 0.3) is 5.91 Å². The van der Waals surface area contributed by atoms with Gasteiger partial charge in [0, 0.05) is 17.7 Å². The van der Waals surface area contributed by atoms with Gasteiger partial charge < -0.3 is 11.1 Å². The van der Waals surface area contributed by atoms with Crippen LogP contribution < -0.4 is 11.1 Å². The van der Waals surface area contributed by atoms with Crippen LogP contribution in [0.3, 0.4) is 0 Å². The monoisotopic (exact) mass is 298 g/mol. The van der Waals surface area contributed by atoms with Gasteiger partial charge in [-0.25, -0.2) is 0 Å². The zero-order chi connectivity index (χ0) is 15.1. The third-order valence-corrected chi connectivity index (χ3v) is 3.16. The number of carbonyl (C=O) groups excluding carboxylic acids is 1. The van der Waals surface area contributed by atoms with Crippen molar-refractivity contribution in [1.29, 1.82) is 0 Å². The van der Waals surface area contributed by atoms with Crippen molar-refractivity contribution in [2.24, 2.45) is 5.73 Å². The average molecular weight is 299 g/mol. The second-order valence-corrected chi connectivity index (χ2v) is 4.78. The lowest BCUT2D eigenvalue weighted by Gasteiger charge is -2.06. The van der Waals surface area contributed by atoms with E-state index < -0.39 is 0 Å². The first kappa shape index (κ1) is 15.1. The normalized spacial score (nSPS) is 9.62. The predicted molar refractivity (Wildman–Crippen MR) is 85.0 cm³/mol. The van der Waals surface area contributed by atoms with Crippen molar-refractivity contribution in [2.45, 2.75) is 6.54 Å². The highest BCUT2D eigenvalue weighted by atomic mass is 35.5. The molecule has 1 amide bonds. The molecule has 0 aliphatic heterocycles. The number of halogens is 1. The first-order valence-electron chi connectivity index (χ1n) is 6.51. The topological polar surface area (TPSA) is 55.1 Å². The van der Waals surface area contributed by atoms with Crippen molar-refractivity contribution in [1.82, 2.24) is 5.32 Å². The summed E-state index contributed by atoms with van der Waals surface area (Å²) in [4.78, 5) is 12.1. The average Bonchev–Trinajstić information content (AvgIpc) is 2.52. The van der Waals surface area contributed by atoms with E-state index in [1.807, 2.05) is 30.3 Å². The van der Waals surface area contributed by atoms with Gasteiger partial charge in [-0.2, -0.15) is 0 Å². The van der Waals surface area contributed by atoms with Crippen LogP contribution in [0.5, 0.6) is 0 Å². The maximum atomic E-state index is 12.1. The van der Waals surface area contributed by atoms with E-state index in [1.54, 1.807) is 18.2 Å². The van der Waals surface area contributed by atoms with Gasteiger partial charge in [0.2, 0.25) is 0 Å². The minimum atomic E-state index is -0.168. The van der Waals surface area contributed by atoms with E-state index in [1.165, 1.54) is 0 Å². The maximum Gasteiger partial charge on any atom is 0.251 e. The summed E-state index contributed by atoms with van der Waals surface area (Å²) in [7, 11) is 0. The molecule has 2 aromatic rings. The molecular weight excluding hydrogens is 284 g/mol. The number of hydrogen-bond donors (Lipinski definition) is 2. The minimum absolute atomic E-state index is 0.168. The lowest BCUT2D eigenvalue weighted by atomic mass is 10.1. The summed E-state index contributed by atoms with van der Waals surface area (Å²) >= 11 is 6.10. The fourth-order valence-corrected chi connectivity index (χ4v) is 2.01. The van der Waals surface area contributed by atoms with E-state index in [4.69, 9.17) is 17.3 Å². The van der Waals surface area contributed by atoms with Crippen LogP contribution in [0, 0.1) is 11.8 Å². The fraction of sp³-hybridized carbons (Fsp3) is 0.118. The van der Waals surface area contributed by atoms with Crippen molar-refractivity contribution < 1.29 is 4.79 Å². The summed E-state index contributed by atoms with van der Waals surface area (Å²) in [5.41, 5.74) is 7.54. The van der Waals surface area contributed by atoms with Crippen LogP contribution in [-0.2, 0) is 6.54 Å². The summed E-state index contributed by atoms with van der Waals surface area (Å²) in [6.07, 6.45) is 0. The Morgan fingerprint density at radius 2 is 1.95 bits per heavy atom. The van der Waals surface area contributed by atoms with E-state index in [9.17, 15) is 4.79 Å². The smallest absolute Gasteiger partial charge is 0.251 e. The summed E-state index contributed by atoms with van der Waals surface area (Å²) < 4.78 is 0. The van der Waals surface area contributed by atoms with Crippen LogP contribution in [0.4, 0.5) is 0 Å². The molecule has 0 saturated heterocycles. The second-order valence-electron chi connectivity index (χ2n) is 4.37. The summed E-state index contributed by atoms with van der Waals surface area (Å²) in [6.45, 7) is 0.752. The Morgan fingerprint density at radius 1 is 1.19 bits per heavy atom. The molecule has 0 aromatic heterocycles. The van der Waals surface area contributed by atoms with Crippen LogP contribution in [-0.4, -0.2) is 12.5 Å². The van der Waals surface area contributed by atoms with E-state index in [0.29, 0.717) is 22.7 Å². The number of hydrogen-bond acceptors (Lipinski definition) is 2. The first-order valence-corrected chi connectivity index (χ1v) is 6.89. The predicted octanol–water partition coefficient (Wildman–Crippen LogP) is 2.58. The molecular formula is C17H15ClN2O. The van der Waals surface area contributed by atoms with Crippen molar-refractivity contribution in [2.75, 3.05) is 6.54 Å². The number of nitrogens with two attached hydrogens (primary N) is 1. The number of benzene rings is 2. The van der Waals surface area contributed by atoms with Crippen LogP contribution in [0.1, 0.15) is 21.5 Å². The lowest BCUT2D eigenvalue weighted by Crippen LogP contribution is -2.22. The van der Waals surface area contributed by atoms with Gasteiger partial charge in [0.1, 0.15) is 0 Å². The van der Waals surface area contributed by atoms with Gasteiger partial charge in [-0.15, -0.1) is 0 Å². The molecule has 0 radical (unpaired) electrons. The maximum absolute atomic E-state index is 12.1. The quantitative estimate of drug-likeness (QED) is 0.856. The Labute approximate surface area is 129 Å². The molecule has 2 rings (SSSR count). The molecule has 0 saturated carbocycles. The third-order valence-electron chi connectivity index (χ3n) is 2.85. The van der Waals surface area contributed by atoms with Crippen LogP contribution in [0.2, 0.25) is 5.02 Å². The van der Waals surface area contributed by atoms with Crippen molar-refractivity contribution in [3.8, 4) is 11.8 Å². The van der Waals surface area contributed by atoms with E-state index in [2.05, 4.69) is 17.2 Å². The van der Waals surface area contributed by atoms with Gasteiger partial charge in [-0.3, -0.25) is 4.79 Å². The molecule has 0 aliphatic rings. The molecule has 0 heterocycles. The molecule has 0 atom stereocenters. The van der Waals surface area contributed by atoms with E-state index in [-0.39, 0.29) is 12.5 Å². The summed E-state index contributed by atoms with van der Waals surface area (Å²) in [5, 5.41) is 3.30. The molecule has 0 unspecified atom stereocenters. The molecule has 3 nitrogen and oxygen atoms in total. The zero-order valence-corrected chi connectivity index (χ0v) is 12.2. The number of rotatable bonds is 3.